The third-order valence-corrected chi connectivity index (χ3v) is 3.56. The molecule has 0 N–H and O–H groups in total. The Morgan fingerprint density at radius 2 is 1.53 bits per heavy atom. The summed E-state index contributed by atoms with van der Waals surface area (Å²) in [5, 5.41) is 0. The van der Waals surface area contributed by atoms with Crippen LogP contribution in [0.25, 0.3) is 0 Å². The zero-order chi connectivity index (χ0) is 11.8. The molecule has 1 aliphatic heterocycles. The van der Waals surface area contributed by atoms with E-state index in [0.29, 0.717) is 23.7 Å². The molecule has 2 atom stereocenters. The van der Waals surface area contributed by atoms with Gasteiger partial charge >= 0.3 is 0 Å². The van der Waals surface area contributed by atoms with Crippen LogP contribution in [0.15, 0.2) is 0 Å². The van der Waals surface area contributed by atoms with Gasteiger partial charge in [-0.05, 0) is 48.5 Å². The Bertz CT molecular complexity index is 205. The lowest BCUT2D eigenvalue weighted by Gasteiger charge is -2.51. The van der Waals surface area contributed by atoms with E-state index in [2.05, 4.69) is 58.3 Å². The topological polar surface area (TPSA) is 6.48 Å². The minimum absolute atomic E-state index is 0.302. The second-order valence-electron chi connectivity index (χ2n) is 6.31. The molecule has 1 heterocycles. The Labute approximate surface area is 95.6 Å². The molecule has 0 radical (unpaired) electrons. The van der Waals surface area contributed by atoms with E-state index in [1.54, 1.807) is 0 Å². The average molecular weight is 212 g/mol. The predicted molar refractivity (Wildman–Crippen MR) is 67.2 cm³/mol. The largest absolute Gasteiger partial charge is 0.295 e. The lowest BCUT2D eigenvalue weighted by atomic mass is 9.97. The molecule has 15 heavy (non-hydrogen) atoms. The van der Waals surface area contributed by atoms with Crippen LogP contribution >= 0.6 is 0 Å². The summed E-state index contributed by atoms with van der Waals surface area (Å²) in [6.07, 6.45) is 0. The van der Waals surface area contributed by atoms with Crippen molar-refractivity contribution in [3.05, 3.63) is 0 Å². The van der Waals surface area contributed by atoms with Gasteiger partial charge in [-0.2, -0.15) is 0 Å². The quantitative estimate of drug-likeness (QED) is 0.659. The van der Waals surface area contributed by atoms with E-state index in [1.165, 1.54) is 13.1 Å². The minimum Gasteiger partial charge on any atom is -0.295 e. The van der Waals surface area contributed by atoms with Crippen molar-refractivity contribution in [1.82, 2.24) is 9.80 Å². The molecule has 0 aromatic heterocycles. The highest BCUT2D eigenvalue weighted by Gasteiger charge is 2.35. The monoisotopic (exact) mass is 212 g/mol. The molecule has 90 valence electrons. The van der Waals surface area contributed by atoms with Gasteiger partial charge in [0.15, 0.2) is 0 Å². The summed E-state index contributed by atoms with van der Waals surface area (Å²) < 4.78 is 0. The van der Waals surface area contributed by atoms with Gasteiger partial charge in [0.05, 0.1) is 0 Å². The Morgan fingerprint density at radius 3 is 1.93 bits per heavy atom. The van der Waals surface area contributed by atoms with Crippen molar-refractivity contribution in [3.8, 4) is 0 Å². The summed E-state index contributed by atoms with van der Waals surface area (Å²) in [5.74, 6) is 0. The first-order valence-corrected chi connectivity index (χ1v) is 6.26. The molecule has 0 aliphatic carbocycles. The molecule has 0 saturated carbocycles. The molecule has 0 amide bonds. The van der Waals surface area contributed by atoms with E-state index in [0.717, 1.165) is 0 Å². The Morgan fingerprint density at radius 1 is 1.00 bits per heavy atom. The summed E-state index contributed by atoms with van der Waals surface area (Å²) in [7, 11) is 0. The maximum Gasteiger partial charge on any atom is 0.0200 e. The smallest absolute Gasteiger partial charge is 0.0200 e. The molecule has 2 heteroatoms. The second-order valence-corrected chi connectivity index (χ2v) is 6.31. The average Bonchev–Trinajstić information content (AvgIpc) is 2.06. The van der Waals surface area contributed by atoms with Crippen LogP contribution in [0.2, 0.25) is 0 Å². The molecule has 1 aliphatic rings. The highest BCUT2D eigenvalue weighted by molar-refractivity contribution is 4.91. The van der Waals surface area contributed by atoms with Crippen LogP contribution in [-0.4, -0.2) is 46.6 Å². The van der Waals surface area contributed by atoms with E-state index in [-0.39, 0.29) is 0 Å². The van der Waals surface area contributed by atoms with Gasteiger partial charge in [-0.3, -0.25) is 9.80 Å². The van der Waals surface area contributed by atoms with Crippen LogP contribution in [0.1, 0.15) is 48.5 Å². The maximum absolute atomic E-state index is 2.64. The number of hydrogen-bond acceptors (Lipinski definition) is 2. The van der Waals surface area contributed by atoms with Gasteiger partial charge in [-0.25, -0.2) is 0 Å². The molecule has 0 aromatic rings. The first kappa shape index (κ1) is 13.0. The molecule has 0 unspecified atom stereocenters. The molecular weight excluding hydrogens is 184 g/mol. The first-order chi connectivity index (χ1) is 6.73. The van der Waals surface area contributed by atoms with Crippen LogP contribution in [0, 0.1) is 0 Å². The summed E-state index contributed by atoms with van der Waals surface area (Å²) in [6.45, 7) is 18.7. The summed E-state index contributed by atoms with van der Waals surface area (Å²) >= 11 is 0. The van der Waals surface area contributed by atoms with Gasteiger partial charge in [0.2, 0.25) is 0 Å². The van der Waals surface area contributed by atoms with Crippen molar-refractivity contribution < 1.29 is 0 Å². The van der Waals surface area contributed by atoms with Gasteiger partial charge < -0.3 is 0 Å². The molecule has 1 fully saturated rings. The van der Waals surface area contributed by atoms with Crippen molar-refractivity contribution in [3.63, 3.8) is 0 Å². The standard InChI is InChI=1S/C13H28N2/c1-10(2)14-8-12(4)15(9-11(14)3)13(5,6)7/h10-12H,8-9H2,1-7H3/t11-,12+/m0/s1. The minimum atomic E-state index is 0.302. The van der Waals surface area contributed by atoms with Crippen LogP contribution in [0.3, 0.4) is 0 Å². The number of piperazine rings is 1. The van der Waals surface area contributed by atoms with Crippen molar-refractivity contribution in [2.24, 2.45) is 0 Å². The lowest BCUT2D eigenvalue weighted by Crippen LogP contribution is -2.62. The van der Waals surface area contributed by atoms with Crippen LogP contribution in [0.4, 0.5) is 0 Å². The van der Waals surface area contributed by atoms with Gasteiger partial charge in [0.1, 0.15) is 0 Å². The number of nitrogens with zero attached hydrogens (tertiary/aromatic N) is 2. The van der Waals surface area contributed by atoms with Gasteiger partial charge in [0, 0.05) is 36.8 Å². The fourth-order valence-corrected chi connectivity index (χ4v) is 2.81. The van der Waals surface area contributed by atoms with Crippen molar-refractivity contribution in [1.29, 1.82) is 0 Å². The normalized spacial score (nSPS) is 31.2. The molecule has 0 spiro atoms. The van der Waals surface area contributed by atoms with Crippen molar-refractivity contribution in [2.45, 2.75) is 72.1 Å². The zero-order valence-electron chi connectivity index (χ0n) is 11.5. The van der Waals surface area contributed by atoms with Crippen LogP contribution in [0.5, 0.6) is 0 Å². The third-order valence-electron chi connectivity index (χ3n) is 3.56. The van der Waals surface area contributed by atoms with Gasteiger partial charge in [-0.1, -0.05) is 0 Å². The predicted octanol–water partition coefficient (Wildman–Crippen LogP) is 2.59. The van der Waals surface area contributed by atoms with Crippen LogP contribution in [-0.2, 0) is 0 Å². The second kappa shape index (κ2) is 4.42. The van der Waals surface area contributed by atoms with E-state index in [4.69, 9.17) is 0 Å². The molecule has 1 saturated heterocycles. The van der Waals surface area contributed by atoms with Gasteiger partial charge in [0.25, 0.3) is 0 Å². The molecule has 1 rings (SSSR count). The summed E-state index contributed by atoms with van der Waals surface area (Å²) in [4.78, 5) is 5.25. The zero-order valence-corrected chi connectivity index (χ0v) is 11.5. The van der Waals surface area contributed by atoms with E-state index >= 15 is 0 Å². The summed E-state index contributed by atoms with van der Waals surface area (Å²) in [6, 6.07) is 2.02. The Hall–Kier alpha value is -0.0800. The maximum atomic E-state index is 2.64. The fraction of sp³-hybridized carbons (Fsp3) is 1.00. The third kappa shape index (κ3) is 2.94. The van der Waals surface area contributed by atoms with Gasteiger partial charge in [-0.15, -0.1) is 0 Å². The molecule has 0 bridgehead atoms. The Kier molecular flexibility index (Phi) is 3.83. The fourth-order valence-electron chi connectivity index (χ4n) is 2.81. The van der Waals surface area contributed by atoms with Crippen molar-refractivity contribution in [2.75, 3.05) is 13.1 Å². The first-order valence-electron chi connectivity index (χ1n) is 6.26. The van der Waals surface area contributed by atoms with E-state index in [9.17, 15) is 0 Å². The highest BCUT2D eigenvalue weighted by atomic mass is 15.3. The number of hydrogen-bond donors (Lipinski definition) is 0. The SMILES string of the molecule is CC(C)N1C[C@@H](C)N(C(C)(C)C)C[C@@H]1C. The lowest BCUT2D eigenvalue weighted by molar-refractivity contribution is -0.0233. The molecular formula is C13H28N2. The highest BCUT2D eigenvalue weighted by Crippen LogP contribution is 2.24. The Balaban J connectivity index is 2.71. The number of rotatable bonds is 1. The van der Waals surface area contributed by atoms with E-state index in [1.807, 2.05) is 0 Å². The van der Waals surface area contributed by atoms with Crippen LogP contribution < -0.4 is 0 Å². The molecule has 0 aromatic carbocycles. The molecule has 2 nitrogen and oxygen atoms in total. The summed E-state index contributed by atoms with van der Waals surface area (Å²) in [5.41, 5.74) is 0.302. The van der Waals surface area contributed by atoms with E-state index < -0.39 is 0 Å². The van der Waals surface area contributed by atoms with Crippen molar-refractivity contribution >= 4 is 0 Å².